The largest absolute Gasteiger partial charge is 0.444 e. The predicted octanol–water partition coefficient (Wildman–Crippen LogP) is 3.96. The molecule has 0 radical (unpaired) electrons. The van der Waals surface area contributed by atoms with Crippen LogP contribution in [-0.4, -0.2) is 50.3 Å². The molecule has 0 bridgehead atoms. The van der Waals surface area contributed by atoms with Crippen LogP contribution in [0.15, 0.2) is 36.8 Å². The summed E-state index contributed by atoms with van der Waals surface area (Å²) >= 11 is 0. The maximum absolute atomic E-state index is 12.0. The van der Waals surface area contributed by atoms with Gasteiger partial charge in [-0.1, -0.05) is 0 Å². The molecule has 1 aliphatic rings. The topological polar surface area (TPSA) is 106 Å². The van der Waals surface area contributed by atoms with E-state index in [0.29, 0.717) is 17.6 Å². The van der Waals surface area contributed by atoms with Crippen LogP contribution in [0.1, 0.15) is 40.5 Å². The summed E-state index contributed by atoms with van der Waals surface area (Å²) in [6, 6.07) is 7.67. The molecule has 0 spiro atoms. The van der Waals surface area contributed by atoms with Crippen molar-refractivity contribution in [3.05, 3.63) is 36.8 Å². The highest BCUT2D eigenvalue weighted by Crippen LogP contribution is 2.22. The van der Waals surface area contributed by atoms with Gasteiger partial charge in [-0.3, -0.25) is 9.88 Å². The highest BCUT2D eigenvalue weighted by molar-refractivity contribution is 5.89. The second-order valence-electron chi connectivity index (χ2n) is 9.22. The summed E-state index contributed by atoms with van der Waals surface area (Å²) in [7, 11) is 0. The lowest BCUT2D eigenvalue weighted by molar-refractivity contribution is 0.0636. The molecular formula is C23H31N7O2. The number of rotatable bonds is 5. The molecule has 9 heteroatoms. The average Bonchev–Trinajstić information content (AvgIpc) is 3.16. The van der Waals surface area contributed by atoms with Crippen molar-refractivity contribution in [2.75, 3.05) is 23.7 Å². The number of imidazole rings is 1. The molecule has 3 heterocycles. The molecule has 2 atom stereocenters. The van der Waals surface area contributed by atoms with E-state index >= 15 is 0 Å². The predicted molar refractivity (Wildman–Crippen MR) is 125 cm³/mol. The summed E-state index contributed by atoms with van der Waals surface area (Å²) in [4.78, 5) is 25.6. The number of hydrogen-bond acceptors (Lipinski definition) is 7. The average molecular weight is 438 g/mol. The first kappa shape index (κ1) is 22.0. The van der Waals surface area contributed by atoms with E-state index in [1.54, 1.807) is 12.5 Å². The zero-order chi connectivity index (χ0) is 22.7. The van der Waals surface area contributed by atoms with Crippen molar-refractivity contribution < 1.29 is 9.53 Å². The van der Waals surface area contributed by atoms with Gasteiger partial charge in [-0.05, 0) is 83.8 Å². The summed E-state index contributed by atoms with van der Waals surface area (Å²) in [6.07, 6.45) is 5.38. The molecule has 3 aromatic rings. The van der Waals surface area contributed by atoms with Crippen molar-refractivity contribution in [2.24, 2.45) is 5.92 Å². The van der Waals surface area contributed by atoms with Gasteiger partial charge in [-0.2, -0.15) is 4.98 Å². The normalized spacial score (nSPS) is 17.7. The fourth-order valence-corrected chi connectivity index (χ4v) is 3.87. The number of fused-ring (bicyclic) bond motifs is 1. The van der Waals surface area contributed by atoms with Gasteiger partial charge in [0, 0.05) is 17.9 Å². The third-order valence-electron chi connectivity index (χ3n) is 5.48. The molecule has 32 heavy (non-hydrogen) atoms. The Morgan fingerprint density at radius 3 is 2.88 bits per heavy atom. The van der Waals surface area contributed by atoms with E-state index in [4.69, 9.17) is 9.72 Å². The van der Waals surface area contributed by atoms with E-state index in [9.17, 15) is 4.79 Å². The van der Waals surface area contributed by atoms with Crippen LogP contribution < -0.4 is 16.0 Å². The number of piperidine rings is 1. The van der Waals surface area contributed by atoms with E-state index in [2.05, 4.69) is 32.8 Å². The van der Waals surface area contributed by atoms with Crippen LogP contribution in [0.3, 0.4) is 0 Å². The van der Waals surface area contributed by atoms with Crippen molar-refractivity contribution in [1.82, 2.24) is 24.8 Å². The van der Waals surface area contributed by atoms with E-state index in [-0.39, 0.29) is 6.04 Å². The molecule has 2 unspecified atom stereocenters. The minimum atomic E-state index is -0.556. The minimum Gasteiger partial charge on any atom is -0.444 e. The molecule has 0 aliphatic carbocycles. The highest BCUT2D eigenvalue weighted by Gasteiger charge is 2.21. The number of hydrogen-bond donors (Lipinski definition) is 3. The zero-order valence-corrected chi connectivity index (χ0v) is 19.1. The molecule has 4 rings (SSSR count). The van der Waals surface area contributed by atoms with Crippen LogP contribution in [0, 0.1) is 5.92 Å². The molecular weight excluding hydrogens is 406 g/mol. The second kappa shape index (κ2) is 9.12. The van der Waals surface area contributed by atoms with Gasteiger partial charge in [-0.15, -0.1) is 0 Å². The molecule has 170 valence electrons. The molecule has 1 amide bonds. The number of carbonyl (C=O) groups excluding carboxylic acids is 1. The maximum atomic E-state index is 12.0. The Morgan fingerprint density at radius 2 is 2.12 bits per heavy atom. The summed E-state index contributed by atoms with van der Waals surface area (Å²) in [5.74, 6) is 1.89. The number of anilines is 2. The molecule has 1 aliphatic heterocycles. The first-order chi connectivity index (χ1) is 15.3. The lowest BCUT2D eigenvalue weighted by Crippen LogP contribution is -2.39. The van der Waals surface area contributed by atoms with Gasteiger partial charge >= 0.3 is 6.09 Å². The number of carbonyl (C=O) groups is 1. The monoisotopic (exact) mass is 437 g/mol. The van der Waals surface area contributed by atoms with Gasteiger partial charge in [0.05, 0.1) is 11.0 Å². The Hall–Kier alpha value is -3.20. The summed E-state index contributed by atoms with van der Waals surface area (Å²) in [6.45, 7) is 9.77. The van der Waals surface area contributed by atoms with E-state index in [0.717, 1.165) is 29.9 Å². The molecule has 0 saturated carbocycles. The Balaban J connectivity index is 1.50. The quantitative estimate of drug-likeness (QED) is 0.555. The Labute approximate surface area is 188 Å². The van der Waals surface area contributed by atoms with Gasteiger partial charge in [-0.25, -0.2) is 14.8 Å². The van der Waals surface area contributed by atoms with Crippen molar-refractivity contribution >= 4 is 28.8 Å². The van der Waals surface area contributed by atoms with E-state index in [1.807, 2.05) is 49.6 Å². The van der Waals surface area contributed by atoms with E-state index < -0.39 is 11.7 Å². The smallest absolute Gasteiger partial charge is 0.412 e. The SMILES string of the molecule is CC(Nc1nccc(-n2cnc3cc(NC(=O)OC(C)(C)C)ccc32)n1)C1CCCNC1. The number of ether oxygens (including phenoxy) is 1. The Kier molecular flexibility index (Phi) is 6.27. The molecule has 1 saturated heterocycles. The molecule has 9 nitrogen and oxygen atoms in total. The number of aromatic nitrogens is 4. The van der Waals surface area contributed by atoms with Gasteiger partial charge in [0.25, 0.3) is 0 Å². The second-order valence-corrected chi connectivity index (χ2v) is 9.22. The molecule has 1 aromatic carbocycles. The summed E-state index contributed by atoms with van der Waals surface area (Å²) in [5.41, 5.74) is 1.69. The van der Waals surface area contributed by atoms with Crippen LogP contribution in [-0.2, 0) is 4.74 Å². The summed E-state index contributed by atoms with van der Waals surface area (Å²) < 4.78 is 7.22. The zero-order valence-electron chi connectivity index (χ0n) is 19.1. The van der Waals surface area contributed by atoms with Crippen molar-refractivity contribution in [2.45, 2.75) is 52.2 Å². The molecule has 2 aromatic heterocycles. The third kappa shape index (κ3) is 5.34. The standard InChI is InChI=1S/C23H31N7O2/c1-15(16-6-5-10-24-13-16)27-21-25-11-9-20(29-21)30-14-26-18-12-17(7-8-19(18)30)28-22(31)32-23(2,3)4/h7-9,11-12,14-16,24H,5-6,10,13H2,1-4H3,(H,28,31)(H,25,27,29). The Morgan fingerprint density at radius 1 is 1.28 bits per heavy atom. The number of amides is 1. The number of benzene rings is 1. The first-order valence-corrected chi connectivity index (χ1v) is 11.1. The van der Waals surface area contributed by atoms with Crippen molar-refractivity contribution in [3.63, 3.8) is 0 Å². The lowest BCUT2D eigenvalue weighted by atomic mass is 9.93. The van der Waals surface area contributed by atoms with Crippen LogP contribution in [0.25, 0.3) is 16.9 Å². The highest BCUT2D eigenvalue weighted by atomic mass is 16.6. The van der Waals surface area contributed by atoms with Crippen molar-refractivity contribution in [1.29, 1.82) is 0 Å². The van der Waals surface area contributed by atoms with Crippen LogP contribution in [0.2, 0.25) is 0 Å². The van der Waals surface area contributed by atoms with Gasteiger partial charge in [0.2, 0.25) is 5.95 Å². The van der Waals surface area contributed by atoms with Crippen LogP contribution in [0.5, 0.6) is 0 Å². The first-order valence-electron chi connectivity index (χ1n) is 11.1. The number of nitrogens with one attached hydrogen (secondary N) is 3. The van der Waals surface area contributed by atoms with Crippen molar-refractivity contribution in [3.8, 4) is 5.82 Å². The minimum absolute atomic E-state index is 0.277. The third-order valence-corrected chi connectivity index (χ3v) is 5.48. The van der Waals surface area contributed by atoms with Gasteiger partial charge in [0.15, 0.2) is 0 Å². The Bertz CT molecular complexity index is 1080. The molecule has 3 N–H and O–H groups in total. The van der Waals surface area contributed by atoms with E-state index in [1.165, 1.54) is 12.8 Å². The fraction of sp³-hybridized carbons (Fsp3) is 0.478. The maximum Gasteiger partial charge on any atom is 0.412 e. The lowest BCUT2D eigenvalue weighted by Gasteiger charge is -2.28. The van der Waals surface area contributed by atoms with Crippen LogP contribution >= 0.6 is 0 Å². The van der Waals surface area contributed by atoms with Gasteiger partial charge < -0.3 is 15.4 Å². The van der Waals surface area contributed by atoms with Crippen LogP contribution in [0.4, 0.5) is 16.4 Å². The molecule has 1 fully saturated rings. The number of nitrogens with zero attached hydrogens (tertiary/aromatic N) is 4. The fourth-order valence-electron chi connectivity index (χ4n) is 3.87. The summed E-state index contributed by atoms with van der Waals surface area (Å²) in [5, 5.41) is 9.66. The van der Waals surface area contributed by atoms with Gasteiger partial charge in [0.1, 0.15) is 17.7 Å².